The maximum absolute atomic E-state index is 12.1. The lowest BCUT2D eigenvalue weighted by atomic mass is 9.98. The van der Waals surface area contributed by atoms with Crippen LogP contribution in [0.2, 0.25) is 5.02 Å². The molecule has 0 fully saturated rings. The summed E-state index contributed by atoms with van der Waals surface area (Å²) < 4.78 is 2.05. The molecule has 3 aromatic rings. The fraction of sp³-hybridized carbons (Fsp3) is 0.143. The standard InChI is InChI=1S/C21H18ClN3O/c1-15(26)25-21(18-6-2-3-7-19(18)22)14-20(23-25)16-8-10-17(11-9-16)24-12-4-5-13-24/h2-13,21H,14H2,1H3. The second-order valence-corrected chi connectivity index (χ2v) is 6.70. The zero-order valence-electron chi connectivity index (χ0n) is 14.3. The lowest BCUT2D eigenvalue weighted by Crippen LogP contribution is -2.24. The van der Waals surface area contributed by atoms with Crippen molar-refractivity contribution in [2.75, 3.05) is 0 Å². The zero-order chi connectivity index (χ0) is 18.1. The van der Waals surface area contributed by atoms with Gasteiger partial charge in [0.15, 0.2) is 0 Å². The van der Waals surface area contributed by atoms with Gasteiger partial charge in [-0.2, -0.15) is 5.10 Å². The van der Waals surface area contributed by atoms with E-state index in [4.69, 9.17) is 11.6 Å². The largest absolute Gasteiger partial charge is 0.324 e. The van der Waals surface area contributed by atoms with Gasteiger partial charge in [0.05, 0.1) is 11.8 Å². The van der Waals surface area contributed by atoms with Crippen LogP contribution in [-0.2, 0) is 4.79 Å². The highest BCUT2D eigenvalue weighted by Crippen LogP contribution is 2.36. The normalized spacial score (nSPS) is 16.6. The average molecular weight is 364 g/mol. The number of benzene rings is 2. The molecule has 0 bridgehead atoms. The molecule has 4 rings (SSSR count). The second-order valence-electron chi connectivity index (χ2n) is 6.29. The Balaban J connectivity index is 1.64. The van der Waals surface area contributed by atoms with Gasteiger partial charge >= 0.3 is 0 Å². The molecule has 1 aromatic heterocycles. The number of carbonyl (C=O) groups is 1. The van der Waals surface area contributed by atoms with Crippen molar-refractivity contribution in [2.24, 2.45) is 5.10 Å². The Kier molecular flexibility index (Phi) is 4.35. The summed E-state index contributed by atoms with van der Waals surface area (Å²) in [5.41, 5.74) is 3.92. The van der Waals surface area contributed by atoms with Crippen molar-refractivity contribution >= 4 is 23.2 Å². The summed E-state index contributed by atoms with van der Waals surface area (Å²) in [6.07, 6.45) is 4.66. The summed E-state index contributed by atoms with van der Waals surface area (Å²) in [6.45, 7) is 1.53. The molecule has 1 aliphatic heterocycles. The maximum atomic E-state index is 12.1. The minimum atomic E-state index is -0.166. The van der Waals surface area contributed by atoms with E-state index in [1.807, 2.05) is 60.9 Å². The number of hydrogen-bond acceptors (Lipinski definition) is 2. The van der Waals surface area contributed by atoms with Crippen molar-refractivity contribution in [1.29, 1.82) is 0 Å². The zero-order valence-corrected chi connectivity index (χ0v) is 15.1. The minimum Gasteiger partial charge on any atom is -0.324 e. The molecule has 0 spiro atoms. The van der Waals surface area contributed by atoms with Gasteiger partial charge in [-0.3, -0.25) is 4.79 Å². The van der Waals surface area contributed by atoms with E-state index in [1.165, 1.54) is 11.9 Å². The quantitative estimate of drug-likeness (QED) is 0.656. The average Bonchev–Trinajstić information content (AvgIpc) is 3.32. The van der Waals surface area contributed by atoms with Gasteiger partial charge in [0.1, 0.15) is 0 Å². The molecule has 1 amide bonds. The van der Waals surface area contributed by atoms with Crippen LogP contribution in [0.3, 0.4) is 0 Å². The molecule has 2 heterocycles. The van der Waals surface area contributed by atoms with Gasteiger partial charge in [-0.25, -0.2) is 5.01 Å². The third-order valence-electron chi connectivity index (χ3n) is 4.60. The van der Waals surface area contributed by atoms with E-state index in [2.05, 4.69) is 21.8 Å². The number of hydrogen-bond donors (Lipinski definition) is 0. The first kappa shape index (κ1) is 16.6. The molecule has 0 N–H and O–H groups in total. The summed E-state index contributed by atoms with van der Waals surface area (Å²) in [5.74, 6) is -0.0890. The van der Waals surface area contributed by atoms with Crippen molar-refractivity contribution < 1.29 is 4.79 Å². The minimum absolute atomic E-state index is 0.0890. The van der Waals surface area contributed by atoms with Crippen LogP contribution in [0, 0.1) is 0 Å². The van der Waals surface area contributed by atoms with Crippen molar-refractivity contribution in [3.05, 3.63) is 89.2 Å². The van der Waals surface area contributed by atoms with E-state index in [0.717, 1.165) is 22.5 Å². The van der Waals surface area contributed by atoms with Gasteiger partial charge in [0.25, 0.3) is 0 Å². The third-order valence-corrected chi connectivity index (χ3v) is 4.94. The molecule has 130 valence electrons. The smallest absolute Gasteiger partial charge is 0.240 e. The van der Waals surface area contributed by atoms with E-state index in [-0.39, 0.29) is 11.9 Å². The van der Waals surface area contributed by atoms with Crippen LogP contribution < -0.4 is 0 Å². The Hall–Kier alpha value is -2.85. The Morgan fingerprint density at radius 2 is 1.73 bits per heavy atom. The highest BCUT2D eigenvalue weighted by Gasteiger charge is 2.32. The number of halogens is 1. The van der Waals surface area contributed by atoms with Gasteiger partial charge in [-0.05, 0) is 41.5 Å². The number of rotatable bonds is 3. The summed E-state index contributed by atoms with van der Waals surface area (Å²) in [7, 11) is 0. The van der Waals surface area contributed by atoms with Crippen molar-refractivity contribution in [3.8, 4) is 5.69 Å². The predicted octanol–water partition coefficient (Wildman–Crippen LogP) is 4.83. The van der Waals surface area contributed by atoms with Crippen molar-refractivity contribution in [3.63, 3.8) is 0 Å². The van der Waals surface area contributed by atoms with Crippen LogP contribution in [0.25, 0.3) is 5.69 Å². The fourth-order valence-electron chi connectivity index (χ4n) is 3.30. The van der Waals surface area contributed by atoms with Crippen molar-refractivity contribution in [2.45, 2.75) is 19.4 Å². The summed E-state index contributed by atoms with van der Waals surface area (Å²) >= 11 is 6.35. The number of aromatic nitrogens is 1. The van der Waals surface area contributed by atoms with Crippen LogP contribution in [0.4, 0.5) is 0 Å². The fourth-order valence-corrected chi connectivity index (χ4v) is 3.56. The van der Waals surface area contributed by atoms with E-state index in [1.54, 1.807) is 0 Å². The molecule has 0 radical (unpaired) electrons. The summed E-state index contributed by atoms with van der Waals surface area (Å²) in [5, 5.41) is 6.78. The van der Waals surface area contributed by atoms with Gasteiger partial charge in [-0.1, -0.05) is 41.9 Å². The van der Waals surface area contributed by atoms with Crippen LogP contribution in [0.15, 0.2) is 78.2 Å². The Labute approximate surface area is 157 Å². The Morgan fingerprint density at radius 3 is 2.38 bits per heavy atom. The molecule has 0 saturated heterocycles. The molecule has 4 nitrogen and oxygen atoms in total. The lowest BCUT2D eigenvalue weighted by Gasteiger charge is -2.21. The maximum Gasteiger partial charge on any atom is 0.240 e. The Morgan fingerprint density at radius 1 is 1.04 bits per heavy atom. The van der Waals surface area contributed by atoms with Gasteiger partial charge < -0.3 is 4.57 Å². The molecule has 2 aromatic carbocycles. The molecule has 1 atom stereocenters. The van der Waals surface area contributed by atoms with Crippen LogP contribution in [-0.4, -0.2) is 21.2 Å². The van der Waals surface area contributed by atoms with Gasteiger partial charge in [0.2, 0.25) is 5.91 Å². The first-order valence-corrected chi connectivity index (χ1v) is 8.87. The third kappa shape index (κ3) is 3.04. The van der Waals surface area contributed by atoms with E-state index in [0.29, 0.717) is 11.4 Å². The van der Waals surface area contributed by atoms with E-state index < -0.39 is 0 Å². The predicted molar refractivity (Wildman–Crippen MR) is 104 cm³/mol. The molecular formula is C21H18ClN3O. The SMILES string of the molecule is CC(=O)N1N=C(c2ccc(-n3cccc3)cc2)CC1c1ccccc1Cl. The lowest BCUT2D eigenvalue weighted by molar-refractivity contribution is -0.130. The molecule has 0 aliphatic carbocycles. The highest BCUT2D eigenvalue weighted by atomic mass is 35.5. The monoisotopic (exact) mass is 363 g/mol. The molecular weight excluding hydrogens is 346 g/mol. The molecule has 26 heavy (non-hydrogen) atoms. The van der Waals surface area contributed by atoms with Crippen molar-refractivity contribution in [1.82, 2.24) is 9.58 Å². The van der Waals surface area contributed by atoms with Crippen LogP contribution >= 0.6 is 11.6 Å². The van der Waals surface area contributed by atoms with Crippen LogP contribution in [0.5, 0.6) is 0 Å². The number of amides is 1. The topological polar surface area (TPSA) is 37.6 Å². The molecule has 0 saturated carbocycles. The second kappa shape index (κ2) is 6.81. The molecule has 5 heteroatoms. The summed E-state index contributed by atoms with van der Waals surface area (Å²) in [6, 6.07) is 19.6. The van der Waals surface area contributed by atoms with E-state index in [9.17, 15) is 4.79 Å². The summed E-state index contributed by atoms with van der Waals surface area (Å²) in [4.78, 5) is 12.1. The van der Waals surface area contributed by atoms with Gasteiger partial charge in [0, 0.05) is 36.4 Å². The number of nitrogens with zero attached hydrogens (tertiary/aromatic N) is 3. The van der Waals surface area contributed by atoms with Crippen LogP contribution in [0.1, 0.15) is 30.5 Å². The van der Waals surface area contributed by atoms with Gasteiger partial charge in [-0.15, -0.1) is 0 Å². The Bertz CT molecular complexity index is 961. The molecule has 1 aliphatic rings. The van der Waals surface area contributed by atoms with E-state index >= 15 is 0 Å². The number of carbonyl (C=O) groups excluding carboxylic acids is 1. The molecule has 1 unspecified atom stereocenters. The number of hydrazone groups is 1. The first-order valence-electron chi connectivity index (χ1n) is 8.49. The highest BCUT2D eigenvalue weighted by molar-refractivity contribution is 6.31. The first-order chi connectivity index (χ1) is 12.6.